The Morgan fingerprint density at radius 3 is 2.25 bits per heavy atom. The molecule has 12 nitrogen and oxygen atoms in total. The summed E-state index contributed by atoms with van der Waals surface area (Å²) in [5, 5.41) is 18.6. The molecule has 2 aromatic heterocycles. The van der Waals surface area contributed by atoms with Crippen molar-refractivity contribution in [3.05, 3.63) is 102 Å². The Kier molecular flexibility index (Phi) is 10.0. The number of nitrogens with zero attached hydrogens (tertiary/aromatic N) is 8. The lowest BCUT2D eigenvalue weighted by Crippen LogP contribution is -2.53. The molecule has 2 saturated heterocycles. The molecule has 2 aromatic carbocycles. The first-order valence-electron chi connectivity index (χ1n) is 17.9. The van der Waals surface area contributed by atoms with Gasteiger partial charge in [-0.2, -0.15) is 10.2 Å². The maximum atomic E-state index is 15.5. The zero-order valence-electron chi connectivity index (χ0n) is 29.8. The fourth-order valence-electron chi connectivity index (χ4n) is 7.77. The molecule has 7 rings (SSSR count). The van der Waals surface area contributed by atoms with E-state index in [1.165, 1.54) is 28.0 Å². The zero-order valence-corrected chi connectivity index (χ0v) is 29.8. The van der Waals surface area contributed by atoms with Crippen LogP contribution in [0.25, 0.3) is 5.69 Å². The number of benzene rings is 2. The Hall–Kier alpha value is -4.82. The number of piperazine rings is 1. The SMILES string of the molecule is CC[C@@H]([C@H](C)O)n1ncn(-c2ccc(N3CCN(c4ccc(OC[C@@H]5CO[C@@](Cn6cncn6)(C6(C)C=CC(F)=CC6F)C5)cc4)CC3)cc2)c1=O. The average Bonchev–Trinajstić information content (AvgIpc) is 3.92. The standard InChI is InChI=1S/C38H46F2N8O4/c1-4-34(27(2)49)48-36(50)47(26-43-48)32-7-5-30(6-8-32)44-15-17-45(18-16-44)31-9-11-33(12-10-31)51-21-28-20-38(52-22-28,23-46-25-41-24-42-46)37(3)14-13-29(39)19-35(37)40/h5-14,19,24-28,34-35,49H,4,15-18,20-23H2,1-3H3/t27-,28+,34-,35?,37?,38-/m0/s1. The van der Waals surface area contributed by atoms with Crippen LogP contribution in [0.3, 0.4) is 0 Å². The van der Waals surface area contributed by atoms with Crippen molar-refractivity contribution in [3.63, 3.8) is 0 Å². The van der Waals surface area contributed by atoms with Crippen LogP contribution in [0.5, 0.6) is 5.75 Å². The quantitative estimate of drug-likeness (QED) is 0.219. The van der Waals surface area contributed by atoms with Gasteiger partial charge in [-0.3, -0.25) is 4.68 Å². The molecule has 14 heteroatoms. The molecule has 2 aliphatic heterocycles. The number of hydrogen-bond acceptors (Lipinski definition) is 9. The van der Waals surface area contributed by atoms with E-state index in [-0.39, 0.29) is 24.2 Å². The zero-order chi connectivity index (χ0) is 36.5. The first-order valence-corrected chi connectivity index (χ1v) is 17.9. The highest BCUT2D eigenvalue weighted by Crippen LogP contribution is 2.51. The third-order valence-corrected chi connectivity index (χ3v) is 11.0. The fourth-order valence-corrected chi connectivity index (χ4v) is 7.77. The minimum Gasteiger partial charge on any atom is -0.493 e. The third kappa shape index (κ3) is 6.88. The molecule has 2 unspecified atom stereocenters. The molecule has 2 fully saturated rings. The Morgan fingerprint density at radius 1 is 1.00 bits per heavy atom. The van der Waals surface area contributed by atoms with Crippen LogP contribution < -0.4 is 20.2 Å². The van der Waals surface area contributed by atoms with E-state index in [0.717, 1.165) is 55.1 Å². The van der Waals surface area contributed by atoms with Gasteiger partial charge in [0, 0.05) is 43.5 Å². The first kappa shape index (κ1) is 35.6. The fraction of sp³-hybridized carbons (Fsp3) is 0.474. The summed E-state index contributed by atoms with van der Waals surface area (Å²) >= 11 is 0. The summed E-state index contributed by atoms with van der Waals surface area (Å²) < 4.78 is 46.5. The summed E-state index contributed by atoms with van der Waals surface area (Å²) in [6, 6.07) is 15.6. The predicted molar refractivity (Wildman–Crippen MR) is 193 cm³/mol. The molecule has 1 aliphatic carbocycles. The van der Waals surface area contributed by atoms with Gasteiger partial charge in [0.15, 0.2) is 0 Å². The van der Waals surface area contributed by atoms with Gasteiger partial charge in [0.2, 0.25) is 0 Å². The monoisotopic (exact) mass is 716 g/mol. The van der Waals surface area contributed by atoms with Crippen LogP contribution in [-0.2, 0) is 11.3 Å². The van der Waals surface area contributed by atoms with Crippen LogP contribution in [0.4, 0.5) is 20.2 Å². The number of aromatic nitrogens is 6. The van der Waals surface area contributed by atoms with Gasteiger partial charge < -0.3 is 24.4 Å². The van der Waals surface area contributed by atoms with Crippen LogP contribution in [-0.4, -0.2) is 91.5 Å². The van der Waals surface area contributed by atoms with Gasteiger partial charge in [-0.25, -0.2) is 27.8 Å². The number of rotatable bonds is 12. The minimum atomic E-state index is -1.55. The van der Waals surface area contributed by atoms with Gasteiger partial charge in [-0.15, -0.1) is 0 Å². The number of aliphatic hydroxyl groups is 1. The van der Waals surface area contributed by atoms with E-state index in [1.807, 2.05) is 43.3 Å². The number of alkyl halides is 1. The lowest BCUT2D eigenvalue weighted by molar-refractivity contribution is -0.107. The predicted octanol–water partition coefficient (Wildman–Crippen LogP) is 4.91. The van der Waals surface area contributed by atoms with E-state index >= 15 is 4.39 Å². The van der Waals surface area contributed by atoms with Crippen LogP contribution in [0.2, 0.25) is 0 Å². The lowest BCUT2D eigenvalue weighted by Gasteiger charge is -2.46. The Balaban J connectivity index is 0.925. The second-order valence-corrected chi connectivity index (χ2v) is 14.3. The molecule has 276 valence electrons. The Bertz CT molecular complexity index is 1920. The van der Waals surface area contributed by atoms with Crippen molar-refractivity contribution in [1.82, 2.24) is 29.1 Å². The van der Waals surface area contributed by atoms with E-state index in [2.05, 4.69) is 37.1 Å². The van der Waals surface area contributed by atoms with Crippen LogP contribution in [0, 0.1) is 11.3 Å². The molecule has 0 spiro atoms. The molecular formula is C38H46F2N8O4. The van der Waals surface area contributed by atoms with Gasteiger partial charge in [0.25, 0.3) is 0 Å². The summed E-state index contributed by atoms with van der Waals surface area (Å²) in [7, 11) is 0. The second kappa shape index (κ2) is 14.7. The smallest absolute Gasteiger partial charge is 0.350 e. The van der Waals surface area contributed by atoms with Crippen molar-refractivity contribution >= 4 is 11.4 Å². The first-order chi connectivity index (χ1) is 25.1. The van der Waals surface area contributed by atoms with Crippen molar-refractivity contribution in [2.75, 3.05) is 49.2 Å². The molecule has 3 aliphatic rings. The molecule has 4 aromatic rings. The Morgan fingerprint density at radius 2 is 1.65 bits per heavy atom. The maximum Gasteiger partial charge on any atom is 0.350 e. The normalized spacial score (nSPS) is 26.0. The molecule has 0 bridgehead atoms. The number of ether oxygens (including phenoxy) is 2. The summed E-state index contributed by atoms with van der Waals surface area (Å²) in [5.74, 6) is 0.158. The van der Waals surface area contributed by atoms with Gasteiger partial charge in [-0.1, -0.05) is 19.9 Å². The molecule has 52 heavy (non-hydrogen) atoms. The van der Waals surface area contributed by atoms with Gasteiger partial charge in [0.05, 0.1) is 43.0 Å². The molecular weight excluding hydrogens is 670 g/mol. The summed E-state index contributed by atoms with van der Waals surface area (Å²) in [5.41, 5.74) is 0.604. The molecule has 4 heterocycles. The lowest BCUT2D eigenvalue weighted by atomic mass is 9.66. The van der Waals surface area contributed by atoms with Gasteiger partial charge >= 0.3 is 5.69 Å². The molecule has 0 amide bonds. The van der Waals surface area contributed by atoms with Crippen molar-refractivity contribution in [2.45, 2.75) is 64.1 Å². The second-order valence-electron chi connectivity index (χ2n) is 14.3. The van der Waals surface area contributed by atoms with Gasteiger partial charge in [-0.05, 0) is 80.4 Å². The Labute approximate surface area is 301 Å². The number of allylic oxidation sites excluding steroid dienone is 3. The molecule has 6 atom stereocenters. The topological polar surface area (TPSA) is 116 Å². The van der Waals surface area contributed by atoms with E-state index in [1.54, 1.807) is 30.9 Å². The molecule has 1 N–H and O–H groups in total. The van der Waals surface area contributed by atoms with E-state index in [0.29, 0.717) is 26.1 Å². The average molecular weight is 717 g/mol. The largest absolute Gasteiger partial charge is 0.493 e. The maximum absolute atomic E-state index is 15.5. The minimum absolute atomic E-state index is 0.000630. The third-order valence-electron chi connectivity index (χ3n) is 11.0. The highest BCUT2D eigenvalue weighted by atomic mass is 19.1. The van der Waals surface area contributed by atoms with Crippen LogP contribution >= 0.6 is 0 Å². The van der Waals surface area contributed by atoms with Crippen LogP contribution in [0.15, 0.2) is 96.4 Å². The highest BCUT2D eigenvalue weighted by molar-refractivity contribution is 5.54. The number of aliphatic hydroxyl groups excluding tert-OH is 1. The van der Waals surface area contributed by atoms with Gasteiger partial charge in [0.1, 0.15) is 42.3 Å². The van der Waals surface area contributed by atoms with E-state index in [4.69, 9.17) is 9.47 Å². The van der Waals surface area contributed by atoms with E-state index in [9.17, 15) is 14.3 Å². The number of halogens is 2. The molecule has 0 radical (unpaired) electrons. The molecule has 0 saturated carbocycles. The van der Waals surface area contributed by atoms with Crippen molar-refractivity contribution in [1.29, 1.82) is 0 Å². The highest BCUT2D eigenvalue weighted by Gasteiger charge is 2.57. The number of anilines is 2. The van der Waals surface area contributed by atoms with E-state index < -0.39 is 29.1 Å². The van der Waals surface area contributed by atoms with Crippen LogP contribution in [0.1, 0.15) is 39.7 Å². The van der Waals surface area contributed by atoms with Crippen molar-refractivity contribution in [3.8, 4) is 11.4 Å². The summed E-state index contributed by atoms with van der Waals surface area (Å²) in [6.45, 7) is 9.82. The summed E-state index contributed by atoms with van der Waals surface area (Å²) in [4.78, 5) is 21.7. The van der Waals surface area contributed by atoms with Crippen molar-refractivity contribution in [2.24, 2.45) is 11.3 Å². The van der Waals surface area contributed by atoms with Crippen molar-refractivity contribution < 1.29 is 23.4 Å². The summed E-state index contributed by atoms with van der Waals surface area (Å²) in [6.07, 6.45) is 7.33. The number of hydrogen-bond donors (Lipinski definition) is 1.